The molecule has 1 aromatic heterocycles. The highest BCUT2D eigenvalue weighted by atomic mass is 19.1. The summed E-state index contributed by atoms with van der Waals surface area (Å²) in [5.74, 6) is 0.855. The van der Waals surface area contributed by atoms with Crippen LogP contribution < -0.4 is 10.1 Å². The molecule has 1 aliphatic rings. The number of nitrogens with zero attached hydrogens (tertiary/aromatic N) is 4. The first-order valence-corrected chi connectivity index (χ1v) is 9.60. The fourth-order valence-electron chi connectivity index (χ4n) is 3.44. The van der Waals surface area contributed by atoms with Crippen LogP contribution in [0, 0.1) is 5.82 Å². The number of benzene rings is 2. The molecule has 3 aromatic rings. The highest BCUT2D eigenvalue weighted by Gasteiger charge is 2.30. The molecule has 0 saturated carbocycles. The van der Waals surface area contributed by atoms with Crippen LogP contribution in [0.5, 0.6) is 11.5 Å². The Morgan fingerprint density at radius 3 is 2.52 bits per heavy atom. The number of aromatic nitrogens is 3. The summed E-state index contributed by atoms with van der Waals surface area (Å²) < 4.78 is 20.4. The van der Waals surface area contributed by atoms with Gasteiger partial charge in [0.25, 0.3) is 0 Å². The highest BCUT2D eigenvalue weighted by molar-refractivity contribution is 5.95. The van der Waals surface area contributed by atoms with Crippen LogP contribution in [0.1, 0.15) is 12.8 Å². The Morgan fingerprint density at radius 1 is 1.10 bits per heavy atom. The van der Waals surface area contributed by atoms with Crippen LogP contribution in [-0.4, -0.2) is 44.9 Å². The fraction of sp³-hybridized carbons (Fsp3) is 0.286. The van der Waals surface area contributed by atoms with E-state index in [-0.39, 0.29) is 17.8 Å². The van der Waals surface area contributed by atoms with E-state index in [1.165, 1.54) is 12.1 Å². The second kappa shape index (κ2) is 8.83. The first kappa shape index (κ1) is 19.1. The van der Waals surface area contributed by atoms with Crippen molar-refractivity contribution in [3.63, 3.8) is 0 Å². The molecule has 1 atom stereocenters. The third-order valence-electron chi connectivity index (χ3n) is 4.93. The van der Waals surface area contributed by atoms with Gasteiger partial charge in [0.1, 0.15) is 17.3 Å². The minimum Gasteiger partial charge on any atom is -0.457 e. The number of amides is 1. The van der Waals surface area contributed by atoms with E-state index in [0.29, 0.717) is 23.7 Å². The molecule has 1 amide bonds. The number of hydrogen-bond acceptors (Lipinski definition) is 5. The van der Waals surface area contributed by atoms with Crippen molar-refractivity contribution >= 4 is 11.6 Å². The van der Waals surface area contributed by atoms with Gasteiger partial charge in [-0.1, -0.05) is 5.21 Å². The van der Waals surface area contributed by atoms with E-state index in [4.69, 9.17) is 4.74 Å². The SMILES string of the molecule is O=C(Nc1ccc(Oc2ccc(F)cc2)cc1)C1CCCN1CCn1ccnn1. The van der Waals surface area contributed by atoms with Crippen molar-refractivity contribution in [2.45, 2.75) is 25.4 Å². The smallest absolute Gasteiger partial charge is 0.241 e. The summed E-state index contributed by atoms with van der Waals surface area (Å²) in [6.45, 7) is 2.36. The molecule has 7 nitrogen and oxygen atoms in total. The molecular weight excluding hydrogens is 373 g/mol. The van der Waals surface area contributed by atoms with Gasteiger partial charge in [0.05, 0.1) is 18.8 Å². The number of hydrogen-bond donors (Lipinski definition) is 1. The number of anilines is 1. The van der Waals surface area contributed by atoms with Gasteiger partial charge in [-0.25, -0.2) is 4.39 Å². The van der Waals surface area contributed by atoms with Gasteiger partial charge in [0.15, 0.2) is 0 Å². The summed E-state index contributed by atoms with van der Waals surface area (Å²) >= 11 is 0. The standard InChI is InChI=1S/C21H22FN5O2/c22-16-3-7-18(8-4-16)29-19-9-5-17(6-10-19)24-21(28)20-2-1-12-26(20)14-15-27-13-11-23-25-27/h3-11,13,20H,1-2,12,14-15H2,(H,24,28). The van der Waals surface area contributed by atoms with Gasteiger partial charge in [-0.05, 0) is 67.9 Å². The fourth-order valence-corrected chi connectivity index (χ4v) is 3.44. The Kier molecular flexibility index (Phi) is 5.81. The van der Waals surface area contributed by atoms with Crippen molar-refractivity contribution in [1.29, 1.82) is 0 Å². The van der Waals surface area contributed by atoms with E-state index < -0.39 is 0 Å². The molecule has 1 unspecified atom stereocenters. The molecular formula is C21H22FN5O2. The van der Waals surface area contributed by atoms with Gasteiger partial charge >= 0.3 is 0 Å². The minimum absolute atomic E-state index is 0.00621. The molecule has 0 radical (unpaired) electrons. The first-order chi connectivity index (χ1) is 14.2. The number of halogens is 1. The monoisotopic (exact) mass is 395 g/mol. The molecule has 1 N–H and O–H groups in total. The Bertz CT molecular complexity index is 929. The number of rotatable bonds is 7. The third-order valence-corrected chi connectivity index (χ3v) is 4.93. The zero-order chi connectivity index (χ0) is 20.1. The second-order valence-corrected chi connectivity index (χ2v) is 6.93. The Morgan fingerprint density at radius 2 is 1.83 bits per heavy atom. The lowest BCUT2D eigenvalue weighted by Gasteiger charge is -2.23. The van der Waals surface area contributed by atoms with Crippen molar-refractivity contribution in [2.24, 2.45) is 0 Å². The van der Waals surface area contributed by atoms with Crippen LogP contribution in [0.4, 0.5) is 10.1 Å². The zero-order valence-electron chi connectivity index (χ0n) is 15.9. The molecule has 150 valence electrons. The topological polar surface area (TPSA) is 72.3 Å². The Labute approximate surface area is 168 Å². The summed E-state index contributed by atoms with van der Waals surface area (Å²) in [5.41, 5.74) is 0.713. The van der Waals surface area contributed by atoms with Crippen LogP contribution in [0.25, 0.3) is 0 Å². The lowest BCUT2D eigenvalue weighted by molar-refractivity contribution is -0.120. The summed E-state index contributed by atoms with van der Waals surface area (Å²) in [5, 5.41) is 10.8. The third kappa shape index (κ3) is 4.97. The molecule has 8 heteroatoms. The Hall–Kier alpha value is -3.26. The molecule has 4 rings (SSSR count). The first-order valence-electron chi connectivity index (χ1n) is 9.60. The van der Waals surface area contributed by atoms with E-state index in [1.807, 2.05) is 6.20 Å². The Balaban J connectivity index is 1.32. The van der Waals surface area contributed by atoms with E-state index in [0.717, 1.165) is 25.9 Å². The number of likely N-dealkylation sites (tertiary alicyclic amines) is 1. The van der Waals surface area contributed by atoms with Crippen LogP contribution in [-0.2, 0) is 11.3 Å². The van der Waals surface area contributed by atoms with E-state index in [1.54, 1.807) is 47.3 Å². The van der Waals surface area contributed by atoms with Gasteiger partial charge in [-0.2, -0.15) is 0 Å². The molecule has 29 heavy (non-hydrogen) atoms. The molecule has 0 spiro atoms. The minimum atomic E-state index is -0.308. The summed E-state index contributed by atoms with van der Waals surface area (Å²) in [4.78, 5) is 14.9. The molecule has 1 aliphatic heterocycles. The largest absolute Gasteiger partial charge is 0.457 e. The molecule has 1 saturated heterocycles. The maximum atomic E-state index is 13.0. The highest BCUT2D eigenvalue weighted by Crippen LogP contribution is 2.24. The lowest BCUT2D eigenvalue weighted by Crippen LogP contribution is -2.41. The van der Waals surface area contributed by atoms with Crippen molar-refractivity contribution < 1.29 is 13.9 Å². The van der Waals surface area contributed by atoms with Gasteiger partial charge < -0.3 is 10.1 Å². The number of ether oxygens (including phenoxy) is 1. The van der Waals surface area contributed by atoms with E-state index in [2.05, 4.69) is 20.5 Å². The van der Waals surface area contributed by atoms with Crippen LogP contribution in [0.2, 0.25) is 0 Å². The van der Waals surface area contributed by atoms with E-state index in [9.17, 15) is 9.18 Å². The molecule has 0 aliphatic carbocycles. The van der Waals surface area contributed by atoms with Gasteiger partial charge in [0.2, 0.25) is 5.91 Å². The lowest BCUT2D eigenvalue weighted by atomic mass is 10.2. The van der Waals surface area contributed by atoms with Crippen LogP contribution >= 0.6 is 0 Å². The van der Waals surface area contributed by atoms with Gasteiger partial charge in [0, 0.05) is 18.4 Å². The maximum absolute atomic E-state index is 13.0. The number of carbonyl (C=O) groups is 1. The van der Waals surface area contributed by atoms with Crippen molar-refractivity contribution in [1.82, 2.24) is 19.9 Å². The van der Waals surface area contributed by atoms with Crippen molar-refractivity contribution in [3.8, 4) is 11.5 Å². The molecule has 0 bridgehead atoms. The molecule has 1 fully saturated rings. The van der Waals surface area contributed by atoms with E-state index >= 15 is 0 Å². The second-order valence-electron chi connectivity index (χ2n) is 6.93. The zero-order valence-corrected chi connectivity index (χ0v) is 15.9. The van der Waals surface area contributed by atoms with Crippen LogP contribution in [0.15, 0.2) is 60.9 Å². The summed E-state index contributed by atoms with van der Waals surface area (Å²) in [6, 6.07) is 12.8. The normalized spacial score (nSPS) is 16.7. The van der Waals surface area contributed by atoms with Gasteiger partial charge in [-0.15, -0.1) is 5.10 Å². The predicted octanol–water partition coefficient (Wildman–Crippen LogP) is 3.31. The quantitative estimate of drug-likeness (QED) is 0.665. The average molecular weight is 395 g/mol. The molecule has 2 heterocycles. The maximum Gasteiger partial charge on any atom is 0.241 e. The summed E-state index contributed by atoms with van der Waals surface area (Å²) in [7, 11) is 0. The van der Waals surface area contributed by atoms with Crippen LogP contribution in [0.3, 0.4) is 0 Å². The number of nitrogens with one attached hydrogen (secondary N) is 1. The van der Waals surface area contributed by atoms with Crippen molar-refractivity contribution in [2.75, 3.05) is 18.4 Å². The predicted molar refractivity (Wildman–Crippen MR) is 106 cm³/mol. The molecule has 2 aromatic carbocycles. The average Bonchev–Trinajstić information content (AvgIpc) is 3.41. The van der Waals surface area contributed by atoms with Gasteiger partial charge in [-0.3, -0.25) is 14.4 Å². The number of carbonyl (C=O) groups excluding carboxylic acids is 1. The van der Waals surface area contributed by atoms with Crippen molar-refractivity contribution in [3.05, 3.63) is 66.7 Å². The summed E-state index contributed by atoms with van der Waals surface area (Å²) in [6.07, 6.45) is 5.31.